The first-order valence-electron chi connectivity index (χ1n) is 5.60. The summed E-state index contributed by atoms with van der Waals surface area (Å²) in [4.78, 5) is 13.0. The minimum atomic E-state index is -0.470. The number of carbonyl (C=O) groups is 1. The summed E-state index contributed by atoms with van der Waals surface area (Å²) in [5, 5.41) is 17.5. The molecule has 1 aliphatic heterocycles. The van der Waals surface area contributed by atoms with Crippen molar-refractivity contribution in [1.82, 2.24) is 0 Å². The van der Waals surface area contributed by atoms with Gasteiger partial charge >= 0.3 is 0 Å². The number of Topliss-reactive ketones (excluding diaryl/α,β-unsaturated/α-hetero) is 1. The average molecular weight is 246 g/mol. The molecule has 0 aromatic rings. The molecule has 0 bridgehead atoms. The summed E-state index contributed by atoms with van der Waals surface area (Å²) >= 11 is 1.26. The minimum absolute atomic E-state index is 0.0546. The molecule has 0 spiro atoms. The second-order valence-corrected chi connectivity index (χ2v) is 5.86. The molecule has 2 rings (SSSR count). The molecule has 4 heteroatoms. The lowest BCUT2D eigenvalue weighted by molar-refractivity contribution is -0.112. The van der Waals surface area contributed by atoms with Gasteiger partial charge in [0, 0.05) is 16.4 Å². The standard InChI is InChI=1S/C13H14N2OS/c1-6(2)10-8(5-14)13(15)17-9-4-7(3)12(16)11(9)10/h4,6,8,10,15H,1-3H3/t8-,10+/m0/s1. The van der Waals surface area contributed by atoms with E-state index >= 15 is 0 Å². The van der Waals surface area contributed by atoms with Gasteiger partial charge in [0.2, 0.25) is 0 Å². The van der Waals surface area contributed by atoms with Gasteiger partial charge in [-0.05, 0) is 24.5 Å². The van der Waals surface area contributed by atoms with Gasteiger partial charge in [-0.25, -0.2) is 0 Å². The van der Waals surface area contributed by atoms with Gasteiger partial charge in [-0.3, -0.25) is 10.2 Å². The van der Waals surface area contributed by atoms with Crippen molar-refractivity contribution >= 4 is 22.6 Å². The molecule has 0 saturated carbocycles. The van der Waals surface area contributed by atoms with Crippen molar-refractivity contribution in [3.8, 4) is 6.07 Å². The van der Waals surface area contributed by atoms with E-state index in [9.17, 15) is 10.1 Å². The maximum Gasteiger partial charge on any atom is 0.186 e. The largest absolute Gasteiger partial charge is 0.297 e. The fourth-order valence-electron chi connectivity index (χ4n) is 2.43. The third-order valence-corrected chi connectivity index (χ3v) is 4.30. The molecule has 3 nitrogen and oxygen atoms in total. The Morgan fingerprint density at radius 3 is 2.71 bits per heavy atom. The SMILES string of the molecule is CC1=CC2=C(C1=O)[C@H](C(C)C)[C@H](C#N)C(=N)S2. The van der Waals surface area contributed by atoms with E-state index in [-0.39, 0.29) is 17.6 Å². The maximum absolute atomic E-state index is 12.1. The van der Waals surface area contributed by atoms with Crippen LogP contribution in [-0.2, 0) is 4.79 Å². The third-order valence-electron chi connectivity index (χ3n) is 3.27. The molecule has 0 aromatic carbocycles. The summed E-state index contributed by atoms with van der Waals surface area (Å²) in [6.45, 7) is 5.80. The predicted octanol–water partition coefficient (Wildman–Crippen LogP) is 2.91. The average Bonchev–Trinajstić information content (AvgIpc) is 2.52. The molecule has 0 radical (unpaired) electrons. The zero-order valence-corrected chi connectivity index (χ0v) is 10.9. The maximum atomic E-state index is 12.1. The lowest BCUT2D eigenvalue weighted by Crippen LogP contribution is -2.32. The van der Waals surface area contributed by atoms with E-state index in [4.69, 9.17) is 5.41 Å². The van der Waals surface area contributed by atoms with Crippen molar-refractivity contribution in [3.63, 3.8) is 0 Å². The molecule has 2 aliphatic rings. The molecule has 0 aromatic heterocycles. The van der Waals surface area contributed by atoms with E-state index in [0.29, 0.717) is 5.04 Å². The van der Waals surface area contributed by atoms with E-state index in [0.717, 1.165) is 16.1 Å². The quantitative estimate of drug-likeness (QED) is 0.773. The molecule has 1 N–H and O–H groups in total. The molecule has 0 amide bonds. The number of nitrogens with zero attached hydrogens (tertiary/aromatic N) is 1. The highest BCUT2D eigenvalue weighted by Crippen LogP contribution is 2.46. The Labute approximate surface area is 105 Å². The molecule has 0 unspecified atom stereocenters. The number of nitrogens with one attached hydrogen (secondary N) is 1. The topological polar surface area (TPSA) is 64.7 Å². The number of carbonyl (C=O) groups excluding carboxylic acids is 1. The molecule has 88 valence electrons. The zero-order valence-electron chi connectivity index (χ0n) is 10.1. The highest BCUT2D eigenvalue weighted by Gasteiger charge is 2.42. The molecule has 0 saturated heterocycles. The van der Waals surface area contributed by atoms with Gasteiger partial charge < -0.3 is 0 Å². The van der Waals surface area contributed by atoms with Crippen molar-refractivity contribution in [2.75, 3.05) is 0 Å². The number of hydrogen-bond donors (Lipinski definition) is 1. The van der Waals surface area contributed by atoms with Crippen LogP contribution < -0.4 is 0 Å². The fourth-order valence-corrected chi connectivity index (χ4v) is 3.57. The molecule has 1 aliphatic carbocycles. The second kappa shape index (κ2) is 4.15. The van der Waals surface area contributed by atoms with Crippen LogP contribution in [0.25, 0.3) is 0 Å². The zero-order chi connectivity index (χ0) is 12.7. The Morgan fingerprint density at radius 1 is 1.53 bits per heavy atom. The lowest BCUT2D eigenvalue weighted by Gasteiger charge is -2.31. The molecule has 0 fully saturated rings. The second-order valence-electron chi connectivity index (χ2n) is 4.78. The summed E-state index contributed by atoms with van der Waals surface area (Å²) in [6.07, 6.45) is 1.85. The van der Waals surface area contributed by atoms with E-state index in [1.54, 1.807) is 6.92 Å². The first kappa shape index (κ1) is 12.1. The van der Waals surface area contributed by atoms with Gasteiger partial charge in [0.05, 0.1) is 11.1 Å². The van der Waals surface area contributed by atoms with Crippen LogP contribution >= 0.6 is 11.8 Å². The smallest absolute Gasteiger partial charge is 0.186 e. The summed E-state index contributed by atoms with van der Waals surface area (Å²) in [5.41, 5.74) is 1.48. The summed E-state index contributed by atoms with van der Waals surface area (Å²) < 4.78 is 0. The van der Waals surface area contributed by atoms with Crippen molar-refractivity contribution < 1.29 is 4.79 Å². The molecule has 2 atom stereocenters. The predicted molar refractivity (Wildman–Crippen MR) is 68.5 cm³/mol. The van der Waals surface area contributed by atoms with Crippen molar-refractivity contribution in [3.05, 3.63) is 22.1 Å². The highest BCUT2D eigenvalue weighted by molar-refractivity contribution is 8.17. The fraction of sp³-hybridized carbons (Fsp3) is 0.462. The normalized spacial score (nSPS) is 28.3. The Bertz CT molecular complexity index is 508. The van der Waals surface area contributed by atoms with Crippen LogP contribution in [0.5, 0.6) is 0 Å². The van der Waals surface area contributed by atoms with E-state index in [1.807, 2.05) is 19.9 Å². The van der Waals surface area contributed by atoms with Gasteiger partial charge in [0.1, 0.15) is 5.92 Å². The Hall–Kier alpha value is -1.34. The van der Waals surface area contributed by atoms with E-state index in [2.05, 4.69) is 6.07 Å². The van der Waals surface area contributed by atoms with Gasteiger partial charge in [0.15, 0.2) is 5.78 Å². The Balaban J connectivity index is 2.53. The minimum Gasteiger partial charge on any atom is -0.297 e. The van der Waals surface area contributed by atoms with Crippen LogP contribution in [-0.4, -0.2) is 10.8 Å². The van der Waals surface area contributed by atoms with Gasteiger partial charge in [-0.2, -0.15) is 5.26 Å². The first-order chi connectivity index (χ1) is 7.97. The van der Waals surface area contributed by atoms with E-state index in [1.165, 1.54) is 11.8 Å². The number of hydrogen-bond acceptors (Lipinski definition) is 4. The number of ketones is 1. The highest BCUT2D eigenvalue weighted by atomic mass is 32.2. The van der Waals surface area contributed by atoms with Crippen LogP contribution in [0.1, 0.15) is 20.8 Å². The number of allylic oxidation sites excluding steroid dienone is 3. The Morgan fingerprint density at radius 2 is 2.18 bits per heavy atom. The van der Waals surface area contributed by atoms with E-state index < -0.39 is 5.92 Å². The van der Waals surface area contributed by atoms with Gasteiger partial charge in [-0.15, -0.1) is 0 Å². The van der Waals surface area contributed by atoms with Crippen molar-refractivity contribution in [2.24, 2.45) is 17.8 Å². The van der Waals surface area contributed by atoms with Gasteiger partial charge in [0.25, 0.3) is 0 Å². The number of thioether (sulfide) groups is 1. The molecule has 17 heavy (non-hydrogen) atoms. The van der Waals surface area contributed by atoms with Crippen molar-refractivity contribution in [1.29, 1.82) is 10.7 Å². The lowest BCUT2D eigenvalue weighted by atomic mass is 9.77. The summed E-state index contributed by atoms with van der Waals surface area (Å²) in [7, 11) is 0. The molecule has 1 heterocycles. The van der Waals surface area contributed by atoms with Crippen LogP contribution in [0.4, 0.5) is 0 Å². The van der Waals surface area contributed by atoms with Crippen molar-refractivity contribution in [2.45, 2.75) is 20.8 Å². The summed E-state index contributed by atoms with van der Waals surface area (Å²) in [6, 6.07) is 2.18. The molecular weight excluding hydrogens is 232 g/mol. The summed E-state index contributed by atoms with van der Waals surface area (Å²) in [5.74, 6) is -0.361. The van der Waals surface area contributed by atoms with Crippen LogP contribution in [0, 0.1) is 34.5 Å². The Kier molecular flexibility index (Phi) is 2.96. The number of rotatable bonds is 1. The molecular formula is C13H14N2OS. The van der Waals surface area contributed by atoms with Crippen LogP contribution in [0.15, 0.2) is 22.1 Å². The monoisotopic (exact) mass is 246 g/mol. The first-order valence-corrected chi connectivity index (χ1v) is 6.42. The third kappa shape index (κ3) is 1.75. The van der Waals surface area contributed by atoms with Crippen LogP contribution in [0.2, 0.25) is 0 Å². The van der Waals surface area contributed by atoms with Gasteiger partial charge in [-0.1, -0.05) is 25.6 Å². The number of nitriles is 1. The van der Waals surface area contributed by atoms with Crippen LogP contribution in [0.3, 0.4) is 0 Å².